The number of alkyl halides is 14. The summed E-state index contributed by atoms with van der Waals surface area (Å²) in [6.07, 6.45) is 9.43. The van der Waals surface area contributed by atoms with Crippen molar-refractivity contribution >= 4 is 0 Å². The smallest absolute Gasteiger partial charge is 0.134 e. The first-order valence-corrected chi connectivity index (χ1v) is 52.9. The Kier molecular flexibility index (Phi) is 20.7. The van der Waals surface area contributed by atoms with Crippen molar-refractivity contribution in [3.8, 4) is 0 Å². The largest absolute Gasteiger partial charge is 0.374 e. The lowest BCUT2D eigenvalue weighted by Gasteiger charge is -2.29. The molecule has 30 aliphatic rings. The second-order valence-electron chi connectivity index (χ2n) is 58.3. The highest BCUT2D eigenvalue weighted by Crippen LogP contribution is 2.85. The fraction of sp³-hybridized carbons (Fsp3) is 1.00. The molecule has 30 rings (SSSR count). The summed E-state index contributed by atoms with van der Waals surface area (Å²) in [5.41, 5.74) is -9.71. The number of halogens is 14. The summed E-state index contributed by atoms with van der Waals surface area (Å²) in [4.78, 5) is 0. The Bertz CT molecular complexity index is 4230. The van der Waals surface area contributed by atoms with Crippen LogP contribution in [0.1, 0.15) is 349 Å². The van der Waals surface area contributed by atoms with Gasteiger partial charge in [0.1, 0.15) is 83.4 Å². The average molecular weight is 1910 g/mol. The van der Waals surface area contributed by atoms with Crippen molar-refractivity contribution in [3.63, 3.8) is 0 Å². The number of rotatable bonds is 0. The molecule has 20 saturated carbocycles. The van der Waals surface area contributed by atoms with Crippen LogP contribution in [0.3, 0.4) is 0 Å². The third-order valence-electron chi connectivity index (χ3n) is 47.2. The molecule has 24 heteroatoms. The Balaban J connectivity index is 0.0000000894. The Morgan fingerprint density at radius 3 is 0.478 bits per heavy atom. The minimum atomic E-state index is -1.14. The van der Waals surface area contributed by atoms with Crippen LogP contribution in [0.2, 0.25) is 0 Å². The van der Waals surface area contributed by atoms with Crippen LogP contribution in [-0.4, -0.2) is 205 Å². The van der Waals surface area contributed by atoms with Gasteiger partial charge in [-0.25, -0.2) is 61.5 Å². The predicted molar refractivity (Wildman–Crippen MR) is 483 cm³/mol. The summed E-state index contributed by atoms with van der Waals surface area (Å²) in [6.45, 7) is 59.5. The van der Waals surface area contributed by atoms with E-state index in [2.05, 4.69) is 96.9 Å². The molecule has 20 aliphatic carbocycles. The van der Waals surface area contributed by atoms with Crippen molar-refractivity contribution in [3.05, 3.63) is 0 Å². The van der Waals surface area contributed by atoms with Gasteiger partial charge in [0.25, 0.3) is 0 Å². The molecule has 0 spiro atoms. The summed E-state index contributed by atoms with van der Waals surface area (Å²) in [6, 6.07) is 0. The second-order valence-corrected chi connectivity index (χ2v) is 58.3. The van der Waals surface area contributed by atoms with Gasteiger partial charge in [0, 0.05) is 75.8 Å². The lowest BCUT2D eigenvalue weighted by Crippen LogP contribution is -2.35. The number of ether oxygens (including phenoxy) is 10. The van der Waals surface area contributed by atoms with Gasteiger partial charge in [0.2, 0.25) is 0 Å². The van der Waals surface area contributed by atoms with Gasteiger partial charge in [-0.2, -0.15) is 0 Å². The highest BCUT2D eigenvalue weighted by Gasteiger charge is 2.90. The highest BCUT2D eigenvalue weighted by atomic mass is 19.2. The number of fused-ring (bicyclic) bond motifs is 30. The van der Waals surface area contributed by atoms with Crippen LogP contribution in [0.15, 0.2) is 0 Å². The Hall–Kier alpha value is -1.38. The lowest BCUT2D eigenvalue weighted by atomic mass is 9.77. The maximum atomic E-state index is 14.1. The molecule has 10 heterocycles. The van der Waals surface area contributed by atoms with Crippen LogP contribution >= 0.6 is 0 Å². The Labute approximate surface area is 791 Å². The van der Waals surface area contributed by atoms with E-state index in [-0.39, 0.29) is 153 Å². The Morgan fingerprint density at radius 2 is 0.313 bits per heavy atom. The van der Waals surface area contributed by atoms with E-state index in [1.54, 1.807) is 27.7 Å². The maximum Gasteiger partial charge on any atom is 0.134 e. The van der Waals surface area contributed by atoms with Crippen LogP contribution < -0.4 is 0 Å². The molecule has 30 fully saturated rings. The molecule has 0 amide bonds. The summed E-state index contributed by atoms with van der Waals surface area (Å²) in [5, 5.41) is 0. The van der Waals surface area contributed by atoms with Gasteiger partial charge in [0.05, 0.1) is 122 Å². The predicted octanol–water partition coefficient (Wildman–Crippen LogP) is 26.1. The first-order chi connectivity index (χ1) is 61.1. The minimum Gasteiger partial charge on any atom is -0.374 e. The van der Waals surface area contributed by atoms with Crippen molar-refractivity contribution < 1.29 is 109 Å². The third-order valence-corrected chi connectivity index (χ3v) is 47.2. The maximum absolute atomic E-state index is 14.1. The zero-order valence-electron chi connectivity index (χ0n) is 86.4. The van der Waals surface area contributed by atoms with Gasteiger partial charge < -0.3 is 47.4 Å². The van der Waals surface area contributed by atoms with Gasteiger partial charge in [-0.15, -0.1) is 0 Å². The molecule has 58 atom stereocenters. The normalized spacial score (nSPS) is 69.8. The summed E-state index contributed by atoms with van der Waals surface area (Å²) in [5.74, 6) is 2.97. The van der Waals surface area contributed by atoms with Crippen molar-refractivity contribution in [1.29, 1.82) is 0 Å². The first-order valence-electron chi connectivity index (χ1n) is 52.9. The molecule has 0 radical (unpaired) electrons. The standard InChI is InChI=1S/4C11H16F2O.6C11H17FO/c4*1-6-7(12)9(2)4-11(13)5-10(11,3)8(9)14-6;2*1-7-4-9(2)5-11(12)6-10(11,3)8(9)13-7;4*1-6-8(12)11(3)5-7-4-10(7,2)9(11)13-6/h4*6-8H,4-5H2,1-3H3;2*7-8H,4-6H2,1-3H3;4*6-9H,4-5H2,1-3H3/t2*6-,7+,8-,9+,10+,11-;2*6-,7-,8-,9+,10+,11-;2*7-,8-,9-,10+,11-;2*6-,7-,8+,9+,10-,11+;2*6-,7-,8-,9+,10-,11+/m0000000000/s1. The fourth-order valence-electron chi connectivity index (χ4n) is 39.3. The molecule has 0 N–H and O–H groups in total. The molecule has 0 aromatic heterocycles. The topological polar surface area (TPSA) is 92.3 Å². The molecule has 10 aliphatic heterocycles. The molecule has 0 aromatic rings. The van der Waals surface area contributed by atoms with Gasteiger partial charge in [-0.05, 0) is 267 Å². The third kappa shape index (κ3) is 12.5. The molecule has 0 unspecified atom stereocenters. The molecule has 764 valence electrons. The van der Waals surface area contributed by atoms with Crippen molar-refractivity contribution in [2.24, 2.45) is 132 Å². The monoisotopic (exact) mass is 1910 g/mol. The molecule has 10 saturated heterocycles. The molecule has 134 heavy (non-hydrogen) atoms. The minimum absolute atomic E-state index is 0.126. The highest BCUT2D eigenvalue weighted by molar-refractivity contribution is 5.37. The summed E-state index contributed by atoms with van der Waals surface area (Å²) < 4.78 is 253. The van der Waals surface area contributed by atoms with Gasteiger partial charge in [-0.3, -0.25) is 0 Å². The molecule has 0 aromatic carbocycles. The number of hydrogen-bond donors (Lipinski definition) is 0. The first kappa shape index (κ1) is 98.6. The van der Waals surface area contributed by atoms with E-state index in [1.165, 1.54) is 25.7 Å². The Morgan fingerprint density at radius 1 is 0.164 bits per heavy atom. The molecular weight excluding hydrogens is 1750 g/mol. The SMILES string of the molecule is C[C@@H]1O[C@@H]2[C@@]3(C)C[C@H]3C[C@]2(C)[C@@H]1F.C[C@@H]1O[C@@H]2[C@@]3(C)C[C@H]3C[C@]2(C)[C@@H]1F.C[C@@H]1O[C@@H]2[C@@]3(C)C[C@H]3C[C@]2(C)[C@H]1F.C[C@@H]1O[C@@H]2[C@@]3(C)C[C@H]3C[C@]2(C)[C@H]1F.C[C@@H]1O[C@H]2[C@](C)(C[C@]3(F)C[C@]23C)[C@@H]1F.C[C@@H]1O[C@H]2[C@](C)(C[C@]3(F)C[C@]23C)[C@@H]1F.C[C@@H]1O[C@H]2[C@](C)(C[C@]3(F)C[C@]23C)[C@H]1F.C[C@@H]1O[C@H]2[C@](C)(C[C@]3(F)C[C@]23C)[C@H]1F.C[C@H]1C[C@@]2(C)C[C@]3(F)C[C@]3(C)[C@H]2O1.C[C@H]1C[C@@]2(C)C[C@]3(F)C[C@]3(C)[C@H]2O1. The van der Waals surface area contributed by atoms with Crippen LogP contribution in [0.5, 0.6) is 0 Å². The zero-order valence-corrected chi connectivity index (χ0v) is 86.4. The summed E-state index contributed by atoms with van der Waals surface area (Å²) in [7, 11) is 0. The van der Waals surface area contributed by atoms with Crippen LogP contribution in [0.25, 0.3) is 0 Å². The van der Waals surface area contributed by atoms with E-state index in [1.807, 2.05) is 83.1 Å². The van der Waals surface area contributed by atoms with Crippen LogP contribution in [-0.2, 0) is 47.4 Å². The molecular formula is C110H166F14O10. The van der Waals surface area contributed by atoms with Crippen molar-refractivity contribution in [1.82, 2.24) is 0 Å². The van der Waals surface area contributed by atoms with E-state index < -0.39 is 127 Å². The van der Waals surface area contributed by atoms with Gasteiger partial charge in [0.15, 0.2) is 0 Å². The van der Waals surface area contributed by atoms with E-state index in [0.29, 0.717) is 85.2 Å². The van der Waals surface area contributed by atoms with Gasteiger partial charge in [-0.1, -0.05) is 138 Å². The molecule has 10 nitrogen and oxygen atoms in total. The lowest BCUT2D eigenvalue weighted by molar-refractivity contribution is -0.00954. The quantitative estimate of drug-likeness (QED) is 0.218. The number of hydrogen-bond acceptors (Lipinski definition) is 10. The van der Waals surface area contributed by atoms with Gasteiger partial charge >= 0.3 is 0 Å². The fourth-order valence-corrected chi connectivity index (χ4v) is 39.3. The van der Waals surface area contributed by atoms with E-state index in [4.69, 9.17) is 47.4 Å². The van der Waals surface area contributed by atoms with Crippen molar-refractivity contribution in [2.45, 2.75) is 554 Å². The van der Waals surface area contributed by atoms with Crippen LogP contribution in [0.4, 0.5) is 61.5 Å². The average Bonchev–Trinajstić information content (AvgIpc) is 1.48. The summed E-state index contributed by atoms with van der Waals surface area (Å²) >= 11 is 0. The van der Waals surface area contributed by atoms with E-state index >= 15 is 0 Å². The molecule has 0 bridgehead atoms. The van der Waals surface area contributed by atoms with Crippen LogP contribution in [0, 0.1) is 132 Å². The second kappa shape index (κ2) is 28.1. The van der Waals surface area contributed by atoms with E-state index in [9.17, 15) is 61.5 Å². The van der Waals surface area contributed by atoms with E-state index in [0.717, 1.165) is 87.9 Å². The zero-order chi connectivity index (χ0) is 98.1. The van der Waals surface area contributed by atoms with Crippen molar-refractivity contribution in [2.75, 3.05) is 0 Å².